The van der Waals surface area contributed by atoms with E-state index >= 15 is 0 Å². The fourth-order valence-corrected chi connectivity index (χ4v) is 6.28. The van der Waals surface area contributed by atoms with Gasteiger partial charge in [-0.1, -0.05) is 74.6 Å². The van der Waals surface area contributed by atoms with E-state index in [1.165, 1.54) is 40.5 Å². The zero-order valence-corrected chi connectivity index (χ0v) is 24.7. The highest BCUT2D eigenvalue weighted by molar-refractivity contribution is 6.40. The number of anilines is 1. The van der Waals surface area contributed by atoms with Crippen LogP contribution in [0.5, 0.6) is 0 Å². The van der Waals surface area contributed by atoms with Crippen molar-refractivity contribution in [2.75, 3.05) is 5.32 Å². The summed E-state index contributed by atoms with van der Waals surface area (Å²) in [5.74, 6) is 0.494. The Morgan fingerprint density at radius 2 is 1.59 bits per heavy atom. The molecule has 0 saturated carbocycles. The fraction of sp³-hybridized carbons (Fsp3) is 0.333. The van der Waals surface area contributed by atoms with Crippen LogP contribution in [0.15, 0.2) is 51.7 Å². The Kier molecular flexibility index (Phi) is 7.03. The standard InChI is InChI=1S/C30H30Cl3N3O3/c1-16-10-20-21(30(4,5)9-8-29(20,2)3)12-17(16)11-19-6-7-24(39-19)28(38)34-25-15-26(37)36(35-25)27-22(32)13-18(31)14-23(27)33/h6-7,10,12-15,35H,8-9,11H2,1-5H3,(H,34,38). The number of rotatable bonds is 5. The molecule has 2 aromatic carbocycles. The molecule has 0 fully saturated rings. The molecule has 1 aliphatic carbocycles. The first kappa shape index (κ1) is 27.6. The van der Waals surface area contributed by atoms with E-state index < -0.39 is 11.5 Å². The monoisotopic (exact) mass is 585 g/mol. The first-order valence-electron chi connectivity index (χ1n) is 12.8. The van der Waals surface area contributed by atoms with E-state index in [1.807, 2.05) is 6.07 Å². The van der Waals surface area contributed by atoms with Crippen LogP contribution in [0.2, 0.25) is 15.1 Å². The zero-order chi connectivity index (χ0) is 28.3. The SMILES string of the molecule is Cc1cc2c(cc1Cc1ccc(C(=O)Nc3cc(=O)n(-c4c(Cl)cc(Cl)cc4Cl)[nH]3)o1)C(C)(C)CCC2(C)C. The van der Waals surface area contributed by atoms with Crippen molar-refractivity contribution in [2.24, 2.45) is 0 Å². The lowest BCUT2D eigenvalue weighted by molar-refractivity contribution is 0.0994. The molecule has 39 heavy (non-hydrogen) atoms. The molecule has 204 valence electrons. The van der Waals surface area contributed by atoms with Gasteiger partial charge in [0.15, 0.2) is 5.76 Å². The van der Waals surface area contributed by atoms with Gasteiger partial charge < -0.3 is 9.73 Å². The summed E-state index contributed by atoms with van der Waals surface area (Å²) in [6.45, 7) is 11.4. The van der Waals surface area contributed by atoms with E-state index in [4.69, 9.17) is 39.2 Å². The number of amides is 1. The second-order valence-electron chi connectivity index (χ2n) is 11.6. The van der Waals surface area contributed by atoms with Crippen molar-refractivity contribution in [3.63, 3.8) is 0 Å². The highest BCUT2D eigenvalue weighted by Crippen LogP contribution is 2.46. The first-order chi connectivity index (χ1) is 18.2. The lowest BCUT2D eigenvalue weighted by atomic mass is 9.62. The van der Waals surface area contributed by atoms with Gasteiger partial charge in [-0.3, -0.25) is 14.7 Å². The summed E-state index contributed by atoms with van der Waals surface area (Å²) in [4.78, 5) is 25.5. The smallest absolute Gasteiger partial charge is 0.292 e. The van der Waals surface area contributed by atoms with Crippen molar-refractivity contribution in [3.8, 4) is 5.69 Å². The molecule has 5 rings (SSSR count). The Labute approximate surface area is 242 Å². The number of halogens is 3. The van der Waals surface area contributed by atoms with Gasteiger partial charge in [0.1, 0.15) is 17.3 Å². The number of aromatic amines is 1. The van der Waals surface area contributed by atoms with Gasteiger partial charge in [0.2, 0.25) is 0 Å². The highest BCUT2D eigenvalue weighted by atomic mass is 35.5. The maximum Gasteiger partial charge on any atom is 0.292 e. The minimum atomic E-state index is -0.493. The number of hydrogen-bond acceptors (Lipinski definition) is 3. The molecule has 1 aliphatic rings. The molecule has 1 amide bonds. The van der Waals surface area contributed by atoms with E-state index in [0.717, 1.165) is 17.5 Å². The molecule has 9 heteroatoms. The van der Waals surface area contributed by atoms with Crippen LogP contribution in [0, 0.1) is 6.92 Å². The topological polar surface area (TPSA) is 80.0 Å². The number of carbonyl (C=O) groups excluding carboxylic acids is 1. The molecule has 0 unspecified atom stereocenters. The molecule has 2 heterocycles. The number of H-pyrrole nitrogens is 1. The number of nitrogens with one attached hydrogen (secondary N) is 2. The normalized spacial score (nSPS) is 15.7. The maximum atomic E-state index is 12.9. The third kappa shape index (κ3) is 5.30. The van der Waals surface area contributed by atoms with Crippen LogP contribution >= 0.6 is 34.8 Å². The van der Waals surface area contributed by atoms with Crippen LogP contribution in [0.1, 0.15) is 79.1 Å². The molecule has 4 aromatic rings. The molecule has 0 aliphatic heterocycles. The number of fused-ring (bicyclic) bond motifs is 1. The number of benzene rings is 2. The van der Waals surface area contributed by atoms with Crippen LogP contribution in [0.3, 0.4) is 0 Å². The van der Waals surface area contributed by atoms with Crippen molar-refractivity contribution < 1.29 is 9.21 Å². The molecule has 2 N–H and O–H groups in total. The molecule has 0 spiro atoms. The Bertz CT molecular complexity index is 1640. The van der Waals surface area contributed by atoms with Crippen LogP contribution in [0.25, 0.3) is 5.69 Å². The summed E-state index contributed by atoms with van der Waals surface area (Å²) in [6, 6.07) is 12.3. The average Bonchev–Trinajstić information content (AvgIpc) is 3.44. The second kappa shape index (κ2) is 9.92. The Balaban J connectivity index is 1.36. The number of hydrogen-bond donors (Lipinski definition) is 2. The predicted octanol–water partition coefficient (Wildman–Crippen LogP) is 8.22. The molecule has 0 bridgehead atoms. The van der Waals surface area contributed by atoms with Gasteiger partial charge in [-0.15, -0.1) is 0 Å². The third-order valence-corrected chi connectivity index (χ3v) is 8.53. The summed E-state index contributed by atoms with van der Waals surface area (Å²) >= 11 is 18.5. The van der Waals surface area contributed by atoms with Crippen LogP contribution in [-0.2, 0) is 17.3 Å². The van der Waals surface area contributed by atoms with Gasteiger partial charge in [-0.05, 0) is 77.1 Å². The molecule has 0 atom stereocenters. The summed E-state index contributed by atoms with van der Waals surface area (Å²) in [7, 11) is 0. The van der Waals surface area contributed by atoms with Gasteiger partial charge in [0, 0.05) is 17.5 Å². The van der Waals surface area contributed by atoms with E-state index in [1.54, 1.807) is 6.07 Å². The minimum absolute atomic E-state index is 0.106. The number of nitrogens with zero attached hydrogens (tertiary/aromatic N) is 1. The van der Waals surface area contributed by atoms with Gasteiger partial charge in [0.05, 0.1) is 10.0 Å². The van der Waals surface area contributed by atoms with Crippen molar-refractivity contribution in [1.82, 2.24) is 9.78 Å². The average molecular weight is 587 g/mol. The Morgan fingerprint density at radius 3 is 2.23 bits per heavy atom. The lowest BCUT2D eigenvalue weighted by Crippen LogP contribution is -2.34. The van der Waals surface area contributed by atoms with Crippen LogP contribution in [0.4, 0.5) is 5.82 Å². The van der Waals surface area contributed by atoms with Gasteiger partial charge in [0.25, 0.3) is 11.5 Å². The molecular weight excluding hydrogens is 557 g/mol. The maximum absolute atomic E-state index is 12.9. The highest BCUT2D eigenvalue weighted by Gasteiger charge is 2.37. The molecule has 2 aromatic heterocycles. The second-order valence-corrected chi connectivity index (χ2v) is 12.8. The number of aromatic nitrogens is 2. The Morgan fingerprint density at radius 1 is 0.974 bits per heavy atom. The van der Waals surface area contributed by atoms with E-state index in [9.17, 15) is 9.59 Å². The largest absolute Gasteiger partial charge is 0.456 e. The number of aryl methyl sites for hydroxylation is 1. The molecular formula is C30H30Cl3N3O3. The molecule has 0 radical (unpaired) electrons. The van der Waals surface area contributed by atoms with Gasteiger partial charge in [-0.2, -0.15) is 0 Å². The van der Waals surface area contributed by atoms with Crippen LogP contribution in [-0.4, -0.2) is 15.7 Å². The first-order valence-corrected chi connectivity index (χ1v) is 13.9. The minimum Gasteiger partial charge on any atom is -0.456 e. The number of furan rings is 1. The third-order valence-electron chi connectivity index (χ3n) is 7.73. The number of carbonyl (C=O) groups is 1. The van der Waals surface area contributed by atoms with Crippen molar-refractivity contribution in [3.05, 3.63) is 102 Å². The zero-order valence-electron chi connectivity index (χ0n) is 22.5. The summed E-state index contributed by atoms with van der Waals surface area (Å²) in [5.41, 5.74) is 5.23. The van der Waals surface area contributed by atoms with Crippen molar-refractivity contribution in [1.29, 1.82) is 0 Å². The summed E-state index contributed by atoms with van der Waals surface area (Å²) in [6.07, 6.45) is 2.88. The van der Waals surface area contributed by atoms with Crippen molar-refractivity contribution >= 4 is 46.5 Å². The van der Waals surface area contributed by atoms with Gasteiger partial charge in [-0.25, -0.2) is 4.68 Å². The van der Waals surface area contributed by atoms with E-state index in [2.05, 4.69) is 57.2 Å². The van der Waals surface area contributed by atoms with Gasteiger partial charge >= 0.3 is 0 Å². The van der Waals surface area contributed by atoms with Crippen LogP contribution < -0.4 is 10.9 Å². The molecule has 6 nitrogen and oxygen atoms in total. The summed E-state index contributed by atoms with van der Waals surface area (Å²) < 4.78 is 7.06. The fourth-order valence-electron chi connectivity index (χ4n) is 5.30. The summed E-state index contributed by atoms with van der Waals surface area (Å²) in [5, 5.41) is 6.20. The van der Waals surface area contributed by atoms with Crippen molar-refractivity contribution in [2.45, 2.75) is 64.7 Å². The molecule has 0 saturated heterocycles. The predicted molar refractivity (Wildman–Crippen MR) is 157 cm³/mol. The lowest BCUT2D eigenvalue weighted by Gasteiger charge is -2.42. The quantitative estimate of drug-likeness (QED) is 0.247. The van der Waals surface area contributed by atoms with E-state index in [0.29, 0.717) is 17.2 Å². The Hall–Kier alpha value is -2.93. The van der Waals surface area contributed by atoms with E-state index in [-0.39, 0.29) is 38.1 Å².